The van der Waals surface area contributed by atoms with Crippen LogP contribution in [-0.2, 0) is 11.3 Å². The molecule has 4 rings (SSSR count). The Hall–Kier alpha value is -2.77. The van der Waals surface area contributed by atoms with Gasteiger partial charge in [0.25, 0.3) is 11.5 Å². The highest BCUT2D eigenvalue weighted by Gasteiger charge is 2.31. The van der Waals surface area contributed by atoms with Crippen LogP contribution in [0, 0.1) is 11.6 Å². The van der Waals surface area contributed by atoms with E-state index >= 15 is 0 Å². The Kier molecular flexibility index (Phi) is 4.64. The molecule has 0 aliphatic carbocycles. The van der Waals surface area contributed by atoms with Gasteiger partial charge in [0.2, 0.25) is 0 Å². The van der Waals surface area contributed by atoms with Crippen molar-refractivity contribution in [3.63, 3.8) is 0 Å². The van der Waals surface area contributed by atoms with E-state index in [1.807, 2.05) is 0 Å². The van der Waals surface area contributed by atoms with Crippen molar-refractivity contribution in [1.29, 1.82) is 0 Å². The van der Waals surface area contributed by atoms with Crippen LogP contribution < -0.4 is 5.56 Å². The molecule has 144 valence electrons. The zero-order valence-electron chi connectivity index (χ0n) is 14.8. The van der Waals surface area contributed by atoms with Crippen molar-refractivity contribution in [2.24, 2.45) is 0 Å². The number of nitrogens with one attached hydrogen (secondary N) is 1. The number of aromatic nitrogens is 1. The number of ether oxygens (including phenoxy) is 1. The number of hydrogen-bond acceptors (Lipinski definition) is 3. The minimum atomic E-state index is -1.11. The quantitative estimate of drug-likeness (QED) is 0.706. The molecule has 1 aliphatic heterocycles. The van der Waals surface area contributed by atoms with E-state index < -0.39 is 23.2 Å². The molecule has 1 amide bonds. The number of aromatic amines is 1. The molecule has 0 bridgehead atoms. The highest BCUT2D eigenvalue weighted by Crippen LogP contribution is 2.34. The number of H-pyrrole nitrogens is 1. The molecule has 0 saturated carbocycles. The number of carbonyl (C=O) groups is 1. The van der Waals surface area contributed by atoms with Crippen molar-refractivity contribution in [3.05, 3.63) is 80.2 Å². The Morgan fingerprint density at radius 1 is 1.21 bits per heavy atom. The van der Waals surface area contributed by atoms with Gasteiger partial charge in [-0.1, -0.05) is 17.7 Å². The summed E-state index contributed by atoms with van der Waals surface area (Å²) >= 11 is 5.98. The van der Waals surface area contributed by atoms with Gasteiger partial charge in [0.1, 0.15) is 0 Å². The second-order valence-electron chi connectivity index (χ2n) is 6.62. The summed E-state index contributed by atoms with van der Waals surface area (Å²) < 4.78 is 33.1. The van der Waals surface area contributed by atoms with Gasteiger partial charge in [-0.25, -0.2) is 8.78 Å². The number of pyridine rings is 1. The number of amides is 1. The summed E-state index contributed by atoms with van der Waals surface area (Å²) in [6, 6.07) is 7.77. The van der Waals surface area contributed by atoms with Gasteiger partial charge in [-0.05, 0) is 35.7 Å². The number of carbonyl (C=O) groups excluding carboxylic acids is 1. The first-order valence-corrected chi connectivity index (χ1v) is 8.89. The van der Waals surface area contributed by atoms with E-state index in [1.165, 1.54) is 4.90 Å². The van der Waals surface area contributed by atoms with Crippen LogP contribution in [0.25, 0.3) is 10.8 Å². The van der Waals surface area contributed by atoms with Crippen LogP contribution in [0.1, 0.15) is 27.7 Å². The summed E-state index contributed by atoms with van der Waals surface area (Å²) in [4.78, 5) is 29.3. The number of likely N-dealkylation sites (N-methyl/N-ethyl adjacent to an activating group) is 1. The number of halogens is 3. The predicted octanol–water partition coefficient (Wildman–Crippen LogP) is 3.80. The van der Waals surface area contributed by atoms with E-state index in [9.17, 15) is 18.4 Å². The van der Waals surface area contributed by atoms with E-state index in [0.717, 1.165) is 12.1 Å². The molecule has 0 spiro atoms. The zero-order valence-corrected chi connectivity index (χ0v) is 15.5. The molecule has 1 aromatic heterocycles. The van der Waals surface area contributed by atoms with E-state index in [4.69, 9.17) is 16.3 Å². The molecule has 1 N–H and O–H groups in total. The zero-order chi connectivity index (χ0) is 20.0. The lowest BCUT2D eigenvalue weighted by Crippen LogP contribution is -2.37. The minimum Gasteiger partial charge on any atom is -0.373 e. The molecule has 0 radical (unpaired) electrons. The van der Waals surface area contributed by atoms with Gasteiger partial charge in [0, 0.05) is 28.9 Å². The third kappa shape index (κ3) is 3.06. The Morgan fingerprint density at radius 3 is 2.64 bits per heavy atom. The van der Waals surface area contributed by atoms with Crippen LogP contribution in [0.4, 0.5) is 8.78 Å². The lowest BCUT2D eigenvalue weighted by atomic mass is 9.95. The lowest BCUT2D eigenvalue weighted by molar-refractivity contribution is 0.0335. The topological polar surface area (TPSA) is 62.4 Å². The van der Waals surface area contributed by atoms with Crippen LogP contribution in [-0.4, -0.2) is 29.4 Å². The van der Waals surface area contributed by atoms with Gasteiger partial charge in [0.15, 0.2) is 11.6 Å². The van der Waals surface area contributed by atoms with Crippen molar-refractivity contribution >= 4 is 28.3 Å². The van der Waals surface area contributed by atoms with Crippen LogP contribution in [0.15, 0.2) is 41.2 Å². The molecule has 8 heteroatoms. The fourth-order valence-corrected chi connectivity index (χ4v) is 3.70. The summed E-state index contributed by atoms with van der Waals surface area (Å²) in [5.41, 5.74) is 0.817. The number of fused-ring (bicyclic) bond motifs is 3. The van der Waals surface area contributed by atoms with E-state index in [0.29, 0.717) is 21.8 Å². The lowest BCUT2D eigenvalue weighted by Gasteiger charge is -2.34. The predicted molar refractivity (Wildman–Crippen MR) is 100 cm³/mol. The summed E-state index contributed by atoms with van der Waals surface area (Å²) in [6.07, 6.45) is 0. The second kappa shape index (κ2) is 7.00. The van der Waals surface area contributed by atoms with Crippen molar-refractivity contribution in [2.45, 2.75) is 12.6 Å². The average molecular weight is 405 g/mol. The molecule has 2 aromatic carbocycles. The van der Waals surface area contributed by atoms with Gasteiger partial charge in [-0.3, -0.25) is 9.59 Å². The van der Waals surface area contributed by atoms with E-state index in [-0.39, 0.29) is 29.9 Å². The monoisotopic (exact) mass is 404 g/mol. The SMILES string of the molecule is CN(C(=O)c1cccc(Cl)c1)[C@H]1COCc2[nH]c(=O)c3cc(F)c(F)cc3c21. The molecule has 3 aromatic rings. The number of nitrogens with zero attached hydrogens (tertiary/aromatic N) is 1. The van der Waals surface area contributed by atoms with Crippen LogP contribution in [0.2, 0.25) is 5.02 Å². The smallest absolute Gasteiger partial charge is 0.256 e. The minimum absolute atomic E-state index is 0.0214. The fourth-order valence-electron chi connectivity index (χ4n) is 3.51. The third-order valence-electron chi connectivity index (χ3n) is 4.90. The summed E-state index contributed by atoms with van der Waals surface area (Å²) in [5.74, 6) is -2.48. The Bertz CT molecular complexity index is 1160. The second-order valence-corrected chi connectivity index (χ2v) is 7.05. The maximum atomic E-state index is 13.9. The van der Waals surface area contributed by atoms with E-state index in [1.54, 1.807) is 31.3 Å². The maximum Gasteiger partial charge on any atom is 0.256 e. The van der Waals surface area contributed by atoms with Crippen molar-refractivity contribution in [2.75, 3.05) is 13.7 Å². The van der Waals surface area contributed by atoms with E-state index in [2.05, 4.69) is 4.98 Å². The van der Waals surface area contributed by atoms with Gasteiger partial charge >= 0.3 is 0 Å². The molecule has 28 heavy (non-hydrogen) atoms. The van der Waals surface area contributed by atoms with Gasteiger partial charge in [-0.15, -0.1) is 0 Å². The molecule has 1 atom stereocenters. The Labute approximate surface area is 163 Å². The normalized spacial score (nSPS) is 16.1. The largest absolute Gasteiger partial charge is 0.373 e. The Balaban J connectivity index is 1.86. The summed E-state index contributed by atoms with van der Waals surface area (Å²) in [7, 11) is 1.59. The number of benzene rings is 2. The Morgan fingerprint density at radius 2 is 1.93 bits per heavy atom. The van der Waals surface area contributed by atoms with Crippen molar-refractivity contribution < 1.29 is 18.3 Å². The van der Waals surface area contributed by atoms with Crippen LogP contribution in [0.3, 0.4) is 0 Å². The van der Waals surface area contributed by atoms with Gasteiger partial charge in [0.05, 0.1) is 24.6 Å². The third-order valence-corrected chi connectivity index (χ3v) is 5.13. The molecular formula is C20H15ClF2N2O3. The number of rotatable bonds is 2. The summed E-state index contributed by atoms with van der Waals surface area (Å²) in [6.45, 7) is 0.255. The molecular weight excluding hydrogens is 390 g/mol. The first-order chi connectivity index (χ1) is 13.4. The highest BCUT2D eigenvalue weighted by molar-refractivity contribution is 6.30. The molecule has 5 nitrogen and oxygen atoms in total. The standard InChI is InChI=1S/C20H15ClF2N2O3/c1-25(20(27)10-3-2-4-11(21)5-10)17-9-28-8-16-18(17)12-6-14(22)15(23)7-13(12)19(26)24-16/h2-7,17H,8-9H2,1H3,(H,24,26)/t17-/m0/s1. The van der Waals surface area contributed by atoms with Crippen LogP contribution in [0.5, 0.6) is 0 Å². The molecule has 0 fully saturated rings. The van der Waals surface area contributed by atoms with Gasteiger partial charge < -0.3 is 14.6 Å². The molecule has 2 heterocycles. The highest BCUT2D eigenvalue weighted by atomic mass is 35.5. The van der Waals surface area contributed by atoms with Crippen molar-refractivity contribution in [1.82, 2.24) is 9.88 Å². The first-order valence-electron chi connectivity index (χ1n) is 8.51. The maximum absolute atomic E-state index is 13.9. The molecule has 1 aliphatic rings. The summed E-state index contributed by atoms with van der Waals surface area (Å²) in [5, 5.41) is 0.705. The fraction of sp³-hybridized carbons (Fsp3) is 0.200. The average Bonchev–Trinajstić information content (AvgIpc) is 2.68. The number of hydrogen-bond donors (Lipinski definition) is 1. The van der Waals surface area contributed by atoms with Crippen molar-refractivity contribution in [3.8, 4) is 0 Å². The molecule has 0 saturated heterocycles. The molecule has 0 unspecified atom stereocenters. The van der Waals surface area contributed by atoms with Gasteiger partial charge in [-0.2, -0.15) is 0 Å². The van der Waals surface area contributed by atoms with Crippen LogP contribution >= 0.6 is 11.6 Å². The first kappa shape index (κ1) is 18.6.